The van der Waals surface area contributed by atoms with Crippen LogP contribution in [0.15, 0.2) is 29.3 Å². The number of aryl methyl sites for hydroxylation is 2. The molecule has 1 atom stereocenters. The molecule has 2 aromatic rings. The van der Waals surface area contributed by atoms with E-state index in [-0.39, 0.29) is 42.9 Å². The number of rotatable bonds is 8. The highest BCUT2D eigenvalue weighted by Gasteiger charge is 2.17. The van der Waals surface area contributed by atoms with Crippen molar-refractivity contribution in [3.8, 4) is 5.75 Å². The predicted octanol–water partition coefficient (Wildman–Crippen LogP) is 3.62. The maximum absolute atomic E-state index is 12.9. The lowest BCUT2D eigenvalue weighted by Crippen LogP contribution is -2.39. The first-order valence-electron chi connectivity index (χ1n) is 10.1. The van der Waals surface area contributed by atoms with Gasteiger partial charge >= 0.3 is 0 Å². The second-order valence-electron chi connectivity index (χ2n) is 7.15. The molecule has 1 unspecified atom stereocenters. The molecule has 0 amide bonds. The number of hydrogen-bond donors (Lipinski definition) is 2. The van der Waals surface area contributed by atoms with Crippen molar-refractivity contribution in [3.05, 3.63) is 45.7 Å². The Morgan fingerprint density at radius 3 is 2.77 bits per heavy atom. The topological polar surface area (TPSA) is 70.0 Å². The zero-order valence-corrected chi connectivity index (χ0v) is 20.6. The zero-order valence-electron chi connectivity index (χ0n) is 17.4. The minimum atomic E-state index is -0.755. The SMILES string of the molecule is CCNC(=NCC(O)COc1ccc(F)cc1)N(C)Cc1nc2c(s1)CCCC2.I. The van der Waals surface area contributed by atoms with E-state index in [1.165, 1.54) is 47.7 Å². The van der Waals surface area contributed by atoms with E-state index in [0.717, 1.165) is 30.4 Å². The quantitative estimate of drug-likeness (QED) is 0.300. The molecule has 1 aromatic carbocycles. The van der Waals surface area contributed by atoms with Crippen molar-refractivity contribution in [2.45, 2.75) is 45.3 Å². The number of benzene rings is 1. The maximum atomic E-state index is 12.9. The molecule has 1 aliphatic rings. The normalized spacial score (nSPS) is 14.5. The molecule has 9 heteroatoms. The minimum absolute atomic E-state index is 0. The summed E-state index contributed by atoms with van der Waals surface area (Å²) in [6.07, 6.45) is 3.96. The van der Waals surface area contributed by atoms with Gasteiger partial charge in [-0.2, -0.15) is 0 Å². The number of guanidine groups is 1. The molecule has 2 N–H and O–H groups in total. The van der Waals surface area contributed by atoms with Gasteiger partial charge in [0.15, 0.2) is 5.96 Å². The highest BCUT2D eigenvalue weighted by molar-refractivity contribution is 14.0. The van der Waals surface area contributed by atoms with Crippen molar-refractivity contribution in [2.75, 3.05) is 26.7 Å². The van der Waals surface area contributed by atoms with Crippen molar-refractivity contribution in [2.24, 2.45) is 4.99 Å². The molecule has 166 valence electrons. The number of ether oxygens (including phenoxy) is 1. The summed E-state index contributed by atoms with van der Waals surface area (Å²) in [5, 5.41) is 14.6. The Kier molecular flexibility index (Phi) is 10.3. The van der Waals surface area contributed by atoms with Gasteiger partial charge in [0, 0.05) is 18.5 Å². The molecule has 1 aliphatic carbocycles. The third kappa shape index (κ3) is 7.35. The largest absolute Gasteiger partial charge is 0.491 e. The number of thiazole rings is 1. The minimum Gasteiger partial charge on any atom is -0.491 e. The number of aliphatic hydroxyl groups is 1. The van der Waals surface area contributed by atoms with Gasteiger partial charge in [-0.15, -0.1) is 35.3 Å². The molecular weight excluding hydrogens is 518 g/mol. The molecule has 0 spiro atoms. The Bertz CT molecular complexity index is 792. The van der Waals surface area contributed by atoms with Crippen molar-refractivity contribution < 1.29 is 14.2 Å². The number of aliphatic imine (C=N–C) groups is 1. The van der Waals surface area contributed by atoms with Crippen LogP contribution in [-0.2, 0) is 19.4 Å². The number of fused-ring (bicyclic) bond motifs is 1. The second-order valence-corrected chi connectivity index (χ2v) is 8.32. The van der Waals surface area contributed by atoms with Gasteiger partial charge < -0.3 is 20.1 Å². The smallest absolute Gasteiger partial charge is 0.194 e. The second kappa shape index (κ2) is 12.4. The summed E-state index contributed by atoms with van der Waals surface area (Å²) >= 11 is 1.80. The van der Waals surface area contributed by atoms with E-state index in [1.807, 2.05) is 18.9 Å². The summed E-state index contributed by atoms with van der Waals surface area (Å²) < 4.78 is 18.4. The number of aliphatic hydroxyl groups excluding tert-OH is 1. The molecule has 0 saturated heterocycles. The fraction of sp³-hybridized carbons (Fsp3) is 0.524. The molecule has 0 radical (unpaired) electrons. The molecule has 0 bridgehead atoms. The van der Waals surface area contributed by atoms with Gasteiger partial charge in [0.1, 0.15) is 29.3 Å². The van der Waals surface area contributed by atoms with Crippen molar-refractivity contribution in [1.29, 1.82) is 0 Å². The van der Waals surface area contributed by atoms with Crippen LogP contribution in [-0.4, -0.2) is 53.8 Å². The van der Waals surface area contributed by atoms with E-state index in [4.69, 9.17) is 9.72 Å². The Balaban J connectivity index is 0.00000320. The molecule has 3 rings (SSSR count). The highest BCUT2D eigenvalue weighted by atomic mass is 127. The maximum Gasteiger partial charge on any atom is 0.194 e. The van der Waals surface area contributed by atoms with Gasteiger partial charge in [0.05, 0.1) is 18.8 Å². The van der Waals surface area contributed by atoms with Crippen LogP contribution in [0, 0.1) is 5.82 Å². The number of hydrogen-bond acceptors (Lipinski definition) is 5. The Labute approximate surface area is 198 Å². The number of nitrogens with one attached hydrogen (secondary N) is 1. The summed E-state index contributed by atoms with van der Waals surface area (Å²) in [7, 11) is 1.98. The molecule has 0 aliphatic heterocycles. The van der Waals surface area contributed by atoms with E-state index < -0.39 is 6.10 Å². The van der Waals surface area contributed by atoms with Gasteiger partial charge in [-0.05, 0) is 56.9 Å². The lowest BCUT2D eigenvalue weighted by atomic mass is 10.0. The average molecular weight is 548 g/mol. The number of aromatic nitrogens is 1. The molecular formula is C21H30FIN4O2S. The standard InChI is InChI=1S/C21H29FN4O2S.HI/c1-3-23-21(24-12-16(27)14-28-17-10-8-15(22)9-11-17)26(2)13-20-25-18-6-4-5-7-19(18)29-20;/h8-11,16,27H,3-7,12-14H2,1-2H3,(H,23,24);1H. The summed E-state index contributed by atoms with van der Waals surface area (Å²) in [6, 6.07) is 5.73. The predicted molar refractivity (Wildman–Crippen MR) is 130 cm³/mol. The monoisotopic (exact) mass is 548 g/mol. The van der Waals surface area contributed by atoms with Gasteiger partial charge in [-0.1, -0.05) is 0 Å². The molecule has 0 fully saturated rings. The number of halogens is 2. The van der Waals surface area contributed by atoms with Crippen molar-refractivity contribution in [3.63, 3.8) is 0 Å². The first-order chi connectivity index (χ1) is 14.0. The van der Waals surface area contributed by atoms with Crippen molar-refractivity contribution in [1.82, 2.24) is 15.2 Å². The number of nitrogens with zero attached hydrogens (tertiary/aromatic N) is 3. The van der Waals surface area contributed by atoms with E-state index in [1.54, 1.807) is 11.3 Å². The van der Waals surface area contributed by atoms with Crippen LogP contribution >= 0.6 is 35.3 Å². The van der Waals surface area contributed by atoms with E-state index >= 15 is 0 Å². The first-order valence-corrected chi connectivity index (χ1v) is 10.9. The molecule has 30 heavy (non-hydrogen) atoms. The summed E-state index contributed by atoms with van der Waals surface area (Å²) in [5.41, 5.74) is 1.26. The highest BCUT2D eigenvalue weighted by Crippen LogP contribution is 2.27. The fourth-order valence-electron chi connectivity index (χ4n) is 3.19. The van der Waals surface area contributed by atoms with E-state index in [2.05, 4.69) is 10.3 Å². The third-order valence-electron chi connectivity index (χ3n) is 4.67. The molecule has 6 nitrogen and oxygen atoms in total. The van der Waals surface area contributed by atoms with E-state index in [0.29, 0.717) is 12.3 Å². The average Bonchev–Trinajstić information content (AvgIpc) is 3.12. The Hall–Kier alpha value is -1.46. The van der Waals surface area contributed by atoms with Crippen LogP contribution in [0.25, 0.3) is 0 Å². The van der Waals surface area contributed by atoms with Crippen molar-refractivity contribution >= 4 is 41.3 Å². The third-order valence-corrected chi connectivity index (χ3v) is 5.81. The molecule has 1 aromatic heterocycles. The lowest BCUT2D eigenvalue weighted by Gasteiger charge is -2.21. The Morgan fingerprint density at radius 2 is 2.07 bits per heavy atom. The van der Waals surface area contributed by atoms with Gasteiger partial charge in [0.2, 0.25) is 0 Å². The van der Waals surface area contributed by atoms with Crippen LogP contribution in [0.3, 0.4) is 0 Å². The van der Waals surface area contributed by atoms with Gasteiger partial charge in [0.25, 0.3) is 0 Å². The van der Waals surface area contributed by atoms with Gasteiger partial charge in [-0.25, -0.2) is 9.37 Å². The van der Waals surface area contributed by atoms with E-state index in [9.17, 15) is 9.50 Å². The van der Waals surface area contributed by atoms with Crippen LogP contribution in [0.2, 0.25) is 0 Å². The first kappa shape index (κ1) is 24.8. The molecule has 0 saturated carbocycles. The lowest BCUT2D eigenvalue weighted by molar-refractivity contribution is 0.114. The van der Waals surface area contributed by atoms with Crippen LogP contribution in [0.4, 0.5) is 4.39 Å². The zero-order chi connectivity index (χ0) is 20.6. The van der Waals surface area contributed by atoms with Crippen LogP contribution in [0.1, 0.15) is 35.3 Å². The summed E-state index contributed by atoms with van der Waals surface area (Å²) in [4.78, 5) is 12.8. The summed E-state index contributed by atoms with van der Waals surface area (Å²) in [5.74, 6) is 0.926. The van der Waals surface area contributed by atoms with Crippen LogP contribution < -0.4 is 10.1 Å². The summed E-state index contributed by atoms with van der Waals surface area (Å²) in [6.45, 7) is 3.74. The fourth-order valence-corrected chi connectivity index (χ4v) is 4.40. The van der Waals surface area contributed by atoms with Gasteiger partial charge in [-0.3, -0.25) is 4.99 Å². The van der Waals surface area contributed by atoms with Crippen LogP contribution in [0.5, 0.6) is 5.75 Å². The Morgan fingerprint density at radius 1 is 1.33 bits per heavy atom. The molecule has 1 heterocycles.